The van der Waals surface area contributed by atoms with Crippen LogP contribution in [0.2, 0.25) is 0 Å². The molecule has 0 saturated carbocycles. The van der Waals surface area contributed by atoms with Crippen LogP contribution in [0, 0.1) is 0 Å². The molecule has 0 fully saturated rings. The van der Waals surface area contributed by atoms with Gasteiger partial charge in [0.05, 0.1) is 12.2 Å². The predicted molar refractivity (Wildman–Crippen MR) is 98.3 cm³/mol. The third-order valence-corrected chi connectivity index (χ3v) is 4.08. The lowest BCUT2D eigenvalue weighted by Crippen LogP contribution is -2.06. The molecule has 0 aromatic heterocycles. The Labute approximate surface area is 146 Å². The summed E-state index contributed by atoms with van der Waals surface area (Å²) in [5, 5.41) is 2.53. The van der Waals surface area contributed by atoms with Crippen molar-refractivity contribution in [3.63, 3.8) is 0 Å². The monoisotopic (exact) mass is 333 g/mol. The molecule has 4 heteroatoms. The van der Waals surface area contributed by atoms with Gasteiger partial charge in [-0.3, -0.25) is 4.79 Å². The first-order chi connectivity index (χ1) is 11.8. The number of unbranched alkanes of at least 4 members (excludes halogenated alkanes) is 9. The van der Waals surface area contributed by atoms with Crippen molar-refractivity contribution < 1.29 is 14.3 Å². The fraction of sp³-hybridized carbons (Fsp3) is 0.600. The summed E-state index contributed by atoms with van der Waals surface area (Å²) >= 11 is 0. The van der Waals surface area contributed by atoms with E-state index in [9.17, 15) is 9.59 Å². The minimum Gasteiger partial charge on any atom is -0.462 e. The summed E-state index contributed by atoms with van der Waals surface area (Å²) in [5.74, 6) is -0.302. The molecule has 0 heterocycles. The van der Waals surface area contributed by atoms with E-state index in [2.05, 4.69) is 12.2 Å². The van der Waals surface area contributed by atoms with Crippen LogP contribution in [0.4, 0.5) is 5.69 Å². The zero-order chi connectivity index (χ0) is 17.5. The molecule has 0 saturated heterocycles. The van der Waals surface area contributed by atoms with Crippen LogP contribution < -0.4 is 5.32 Å². The van der Waals surface area contributed by atoms with Crippen LogP contribution in [0.5, 0.6) is 0 Å². The van der Waals surface area contributed by atoms with Crippen molar-refractivity contribution in [1.82, 2.24) is 0 Å². The third kappa shape index (κ3) is 9.33. The number of nitrogens with one attached hydrogen (secondary N) is 1. The zero-order valence-electron chi connectivity index (χ0n) is 14.9. The lowest BCUT2D eigenvalue weighted by atomic mass is 10.1. The van der Waals surface area contributed by atoms with Crippen molar-refractivity contribution in [3.8, 4) is 0 Å². The van der Waals surface area contributed by atoms with E-state index in [1.807, 2.05) is 0 Å². The fourth-order valence-corrected chi connectivity index (χ4v) is 2.61. The summed E-state index contributed by atoms with van der Waals surface area (Å²) < 4.78 is 5.27. The molecule has 0 aliphatic rings. The van der Waals surface area contributed by atoms with Crippen molar-refractivity contribution in [1.29, 1.82) is 0 Å². The fourth-order valence-electron chi connectivity index (χ4n) is 2.61. The van der Waals surface area contributed by atoms with Crippen LogP contribution in [0.3, 0.4) is 0 Å². The quantitative estimate of drug-likeness (QED) is 0.284. The van der Waals surface area contributed by atoms with Gasteiger partial charge in [-0.25, -0.2) is 4.79 Å². The van der Waals surface area contributed by atoms with E-state index in [-0.39, 0.29) is 5.97 Å². The standard InChI is InChI=1S/C20H31NO3/c1-2-3-4-5-6-7-8-9-10-11-16-24-20(23)18-12-14-19(15-13-18)21-17-22/h12-15,17H,2-11,16H2,1H3,(H,21,22). The number of hydrogen-bond acceptors (Lipinski definition) is 3. The van der Waals surface area contributed by atoms with Crippen molar-refractivity contribution in [3.05, 3.63) is 29.8 Å². The van der Waals surface area contributed by atoms with Gasteiger partial charge in [0, 0.05) is 5.69 Å². The molecule has 0 aliphatic heterocycles. The Morgan fingerprint density at radius 3 is 2.00 bits per heavy atom. The van der Waals surface area contributed by atoms with Crippen molar-refractivity contribution >= 4 is 18.1 Å². The van der Waals surface area contributed by atoms with E-state index in [0.717, 1.165) is 12.8 Å². The van der Waals surface area contributed by atoms with Crippen molar-refractivity contribution in [2.75, 3.05) is 11.9 Å². The van der Waals surface area contributed by atoms with Gasteiger partial charge in [-0.05, 0) is 30.7 Å². The first-order valence-electron chi connectivity index (χ1n) is 9.25. The molecule has 4 nitrogen and oxygen atoms in total. The van der Waals surface area contributed by atoms with Crippen LogP contribution in [-0.4, -0.2) is 19.0 Å². The molecule has 0 unspecified atom stereocenters. The van der Waals surface area contributed by atoms with Crippen LogP contribution in [0.15, 0.2) is 24.3 Å². The minimum atomic E-state index is -0.302. The summed E-state index contributed by atoms with van der Waals surface area (Å²) in [4.78, 5) is 22.2. The number of rotatable bonds is 14. The number of anilines is 1. The maximum absolute atomic E-state index is 11.9. The molecule has 0 spiro atoms. The van der Waals surface area contributed by atoms with Crippen LogP contribution in [0.1, 0.15) is 81.5 Å². The maximum Gasteiger partial charge on any atom is 0.338 e. The molecule has 0 atom stereocenters. The van der Waals surface area contributed by atoms with E-state index in [1.54, 1.807) is 24.3 Å². The van der Waals surface area contributed by atoms with Gasteiger partial charge in [0.2, 0.25) is 6.41 Å². The third-order valence-electron chi connectivity index (χ3n) is 4.08. The first kappa shape index (κ1) is 20.2. The van der Waals surface area contributed by atoms with Crippen LogP contribution in [0.25, 0.3) is 0 Å². The normalized spacial score (nSPS) is 10.4. The second-order valence-electron chi connectivity index (χ2n) is 6.16. The average Bonchev–Trinajstić information content (AvgIpc) is 2.60. The highest BCUT2D eigenvalue weighted by molar-refractivity contribution is 5.90. The zero-order valence-corrected chi connectivity index (χ0v) is 14.9. The Balaban J connectivity index is 2.00. The highest BCUT2D eigenvalue weighted by Gasteiger charge is 2.06. The van der Waals surface area contributed by atoms with Gasteiger partial charge in [-0.15, -0.1) is 0 Å². The topological polar surface area (TPSA) is 55.4 Å². The summed E-state index contributed by atoms with van der Waals surface area (Å²) in [7, 11) is 0. The molecular weight excluding hydrogens is 302 g/mol. The smallest absolute Gasteiger partial charge is 0.338 e. The Hall–Kier alpha value is -1.84. The Morgan fingerprint density at radius 2 is 1.46 bits per heavy atom. The Kier molecular flexibility index (Phi) is 11.4. The minimum absolute atomic E-state index is 0.302. The molecule has 1 amide bonds. The van der Waals surface area contributed by atoms with E-state index in [0.29, 0.717) is 24.3 Å². The molecule has 0 bridgehead atoms. The number of hydrogen-bond donors (Lipinski definition) is 1. The number of amides is 1. The van der Waals surface area contributed by atoms with Crippen molar-refractivity contribution in [2.24, 2.45) is 0 Å². The SMILES string of the molecule is CCCCCCCCCCCCOC(=O)c1ccc(NC=O)cc1. The van der Waals surface area contributed by atoms with Crippen LogP contribution in [-0.2, 0) is 9.53 Å². The molecule has 24 heavy (non-hydrogen) atoms. The summed E-state index contributed by atoms with van der Waals surface area (Å²) in [6, 6.07) is 6.69. The van der Waals surface area contributed by atoms with E-state index >= 15 is 0 Å². The summed E-state index contributed by atoms with van der Waals surface area (Å²) in [6.45, 7) is 2.72. The average molecular weight is 333 g/mol. The number of carbonyl (C=O) groups is 2. The van der Waals surface area contributed by atoms with Gasteiger partial charge in [-0.1, -0.05) is 64.7 Å². The number of ether oxygens (including phenoxy) is 1. The van der Waals surface area contributed by atoms with Crippen LogP contribution >= 0.6 is 0 Å². The van der Waals surface area contributed by atoms with E-state index < -0.39 is 0 Å². The molecule has 134 valence electrons. The second kappa shape index (κ2) is 13.6. The van der Waals surface area contributed by atoms with Gasteiger partial charge in [0.15, 0.2) is 0 Å². The van der Waals surface area contributed by atoms with Gasteiger partial charge >= 0.3 is 5.97 Å². The van der Waals surface area contributed by atoms with Gasteiger partial charge in [-0.2, -0.15) is 0 Å². The number of benzene rings is 1. The second-order valence-corrected chi connectivity index (χ2v) is 6.16. The largest absolute Gasteiger partial charge is 0.462 e. The summed E-state index contributed by atoms with van der Waals surface area (Å²) in [5.41, 5.74) is 1.18. The molecule has 1 aromatic carbocycles. The number of esters is 1. The molecular formula is C20H31NO3. The Morgan fingerprint density at radius 1 is 0.917 bits per heavy atom. The summed E-state index contributed by atoms with van der Waals surface area (Å²) in [6.07, 6.45) is 13.2. The first-order valence-corrected chi connectivity index (χ1v) is 9.25. The highest BCUT2D eigenvalue weighted by atomic mass is 16.5. The Bertz CT molecular complexity index is 456. The van der Waals surface area contributed by atoms with Gasteiger partial charge in [0.1, 0.15) is 0 Å². The van der Waals surface area contributed by atoms with E-state index in [4.69, 9.17) is 4.74 Å². The van der Waals surface area contributed by atoms with Gasteiger partial charge < -0.3 is 10.1 Å². The van der Waals surface area contributed by atoms with Crippen molar-refractivity contribution in [2.45, 2.75) is 71.1 Å². The molecule has 0 radical (unpaired) electrons. The molecule has 1 aromatic rings. The number of carbonyl (C=O) groups excluding carboxylic acids is 2. The highest BCUT2D eigenvalue weighted by Crippen LogP contribution is 2.12. The lowest BCUT2D eigenvalue weighted by molar-refractivity contribution is -0.105. The van der Waals surface area contributed by atoms with E-state index in [1.165, 1.54) is 51.4 Å². The van der Waals surface area contributed by atoms with Gasteiger partial charge in [0.25, 0.3) is 0 Å². The predicted octanol–water partition coefficient (Wildman–Crippen LogP) is 5.33. The molecule has 0 aliphatic carbocycles. The lowest BCUT2D eigenvalue weighted by Gasteiger charge is -2.06. The molecule has 1 rings (SSSR count). The molecule has 1 N–H and O–H groups in total. The maximum atomic E-state index is 11.9.